The summed E-state index contributed by atoms with van der Waals surface area (Å²) in [4.78, 5) is 3.68. The van der Waals surface area contributed by atoms with Crippen LogP contribution < -0.4 is 9.80 Å². The van der Waals surface area contributed by atoms with Crippen LogP contribution in [0.2, 0.25) is 0 Å². The number of rotatable bonds is 3. The Morgan fingerprint density at radius 2 is 1.71 bits per heavy atom. The molecule has 1 aliphatic heterocycles. The highest BCUT2D eigenvalue weighted by atomic mass is 15.3. The fraction of sp³-hybridized carbons (Fsp3) is 0.545. The number of fused-ring (bicyclic) bond motifs is 1. The predicted octanol–water partition coefficient (Wildman–Crippen LogP) is 1.70. The van der Waals surface area contributed by atoms with Gasteiger partial charge in [-0.2, -0.15) is 0 Å². The zero-order valence-electron chi connectivity index (χ0n) is 15.1. The van der Waals surface area contributed by atoms with Gasteiger partial charge in [0.15, 0.2) is 0 Å². The van der Waals surface area contributed by atoms with E-state index < -0.39 is 0 Å². The molecule has 1 saturated heterocycles. The van der Waals surface area contributed by atoms with Gasteiger partial charge in [-0.05, 0) is 29.5 Å². The van der Waals surface area contributed by atoms with Gasteiger partial charge in [0.2, 0.25) is 0 Å². The van der Waals surface area contributed by atoms with Crippen LogP contribution in [-0.4, -0.2) is 32.2 Å². The Balaban J connectivity index is 1.37. The fourth-order valence-electron chi connectivity index (χ4n) is 5.03. The standard InChI is InChI=1S/C22H30N2/c1-18-6-4-10-21(16-18)24-14-12-23(13-15-24)17-20-9-5-8-19-7-2-3-11-22(19)20/h2-3,5,7-9,11,18,21H,4,6,10,12-17H2,1H3/p+2/t18-,21-/m0/s1. The highest BCUT2D eigenvalue weighted by Crippen LogP contribution is 2.22. The fourth-order valence-corrected chi connectivity index (χ4v) is 5.03. The maximum Gasteiger partial charge on any atom is 0.127 e. The van der Waals surface area contributed by atoms with Crippen molar-refractivity contribution in [3.63, 3.8) is 0 Å². The molecule has 0 amide bonds. The number of benzene rings is 2. The largest absolute Gasteiger partial charge is 0.323 e. The first-order valence-electron chi connectivity index (χ1n) is 9.94. The molecule has 1 heterocycles. The minimum absolute atomic E-state index is 0.952. The first-order chi connectivity index (χ1) is 11.8. The summed E-state index contributed by atoms with van der Waals surface area (Å²) in [6, 6.07) is 16.6. The first-order valence-corrected chi connectivity index (χ1v) is 9.94. The Morgan fingerprint density at radius 3 is 2.54 bits per heavy atom. The van der Waals surface area contributed by atoms with Crippen LogP contribution in [0.25, 0.3) is 10.8 Å². The normalized spacial score (nSPS) is 31.2. The minimum atomic E-state index is 0.952. The number of piperazine rings is 1. The van der Waals surface area contributed by atoms with Gasteiger partial charge in [-0.1, -0.05) is 55.8 Å². The van der Waals surface area contributed by atoms with Crippen LogP contribution in [0.5, 0.6) is 0 Å². The van der Waals surface area contributed by atoms with E-state index in [4.69, 9.17) is 0 Å². The summed E-state index contributed by atoms with van der Waals surface area (Å²) in [6.07, 6.45) is 5.86. The molecule has 0 spiro atoms. The van der Waals surface area contributed by atoms with Gasteiger partial charge in [0, 0.05) is 12.0 Å². The summed E-state index contributed by atoms with van der Waals surface area (Å²) in [5, 5.41) is 2.83. The second-order valence-corrected chi connectivity index (χ2v) is 8.19. The molecule has 2 nitrogen and oxygen atoms in total. The molecule has 2 N–H and O–H groups in total. The quantitative estimate of drug-likeness (QED) is 0.850. The van der Waals surface area contributed by atoms with E-state index in [1.807, 2.05) is 4.90 Å². The monoisotopic (exact) mass is 324 g/mol. The molecule has 2 heteroatoms. The molecule has 128 valence electrons. The predicted molar refractivity (Wildman–Crippen MR) is 100 cm³/mol. The molecule has 2 fully saturated rings. The molecule has 2 aromatic rings. The van der Waals surface area contributed by atoms with Gasteiger partial charge < -0.3 is 9.80 Å². The van der Waals surface area contributed by atoms with Gasteiger partial charge in [-0.25, -0.2) is 0 Å². The van der Waals surface area contributed by atoms with Crippen molar-refractivity contribution in [2.24, 2.45) is 5.92 Å². The van der Waals surface area contributed by atoms with Crippen LogP contribution in [0, 0.1) is 5.92 Å². The van der Waals surface area contributed by atoms with E-state index in [2.05, 4.69) is 49.4 Å². The molecular weight excluding hydrogens is 292 g/mol. The third-order valence-electron chi connectivity index (χ3n) is 6.43. The minimum Gasteiger partial charge on any atom is -0.323 e. The lowest BCUT2D eigenvalue weighted by atomic mass is 9.86. The zero-order valence-corrected chi connectivity index (χ0v) is 15.1. The molecule has 2 aromatic carbocycles. The smallest absolute Gasteiger partial charge is 0.127 e. The lowest BCUT2D eigenvalue weighted by Crippen LogP contribution is -3.29. The van der Waals surface area contributed by atoms with Gasteiger partial charge >= 0.3 is 0 Å². The topological polar surface area (TPSA) is 8.88 Å². The van der Waals surface area contributed by atoms with Gasteiger partial charge in [0.25, 0.3) is 0 Å². The van der Waals surface area contributed by atoms with E-state index in [1.165, 1.54) is 74.7 Å². The van der Waals surface area contributed by atoms with Gasteiger partial charge in [0.1, 0.15) is 32.7 Å². The molecular formula is C22H32N2+2. The third kappa shape index (κ3) is 3.50. The van der Waals surface area contributed by atoms with E-state index >= 15 is 0 Å². The van der Waals surface area contributed by atoms with Crippen molar-refractivity contribution in [1.82, 2.24) is 0 Å². The molecule has 1 aliphatic carbocycles. The summed E-state index contributed by atoms with van der Waals surface area (Å²) in [6.45, 7) is 9.06. The summed E-state index contributed by atoms with van der Waals surface area (Å²) in [7, 11) is 0. The Bertz CT molecular complexity index is 667. The van der Waals surface area contributed by atoms with Crippen LogP contribution in [0.4, 0.5) is 0 Å². The summed E-state index contributed by atoms with van der Waals surface area (Å²) >= 11 is 0. The number of hydrogen-bond acceptors (Lipinski definition) is 0. The summed E-state index contributed by atoms with van der Waals surface area (Å²) in [5.74, 6) is 0.956. The third-order valence-corrected chi connectivity index (χ3v) is 6.43. The van der Waals surface area contributed by atoms with E-state index in [9.17, 15) is 0 Å². The molecule has 0 unspecified atom stereocenters. The van der Waals surface area contributed by atoms with Crippen molar-refractivity contribution in [2.75, 3.05) is 26.2 Å². The second kappa shape index (κ2) is 7.25. The van der Waals surface area contributed by atoms with Crippen LogP contribution in [0.1, 0.15) is 38.2 Å². The molecule has 2 aliphatic rings. The van der Waals surface area contributed by atoms with Crippen LogP contribution in [0.15, 0.2) is 42.5 Å². The number of quaternary nitrogens is 2. The van der Waals surface area contributed by atoms with E-state index in [0.29, 0.717) is 0 Å². The maximum atomic E-state index is 2.45. The SMILES string of the molecule is C[C@H]1CCC[C@H]([NH+]2CC[NH+](Cc3cccc4ccccc34)CC2)C1. The molecule has 1 saturated carbocycles. The molecule has 24 heavy (non-hydrogen) atoms. The summed E-state index contributed by atoms with van der Waals surface area (Å²) in [5.41, 5.74) is 1.53. The van der Waals surface area contributed by atoms with Crippen LogP contribution in [0.3, 0.4) is 0 Å². The lowest BCUT2D eigenvalue weighted by Gasteiger charge is -2.37. The Labute approximate surface area is 146 Å². The summed E-state index contributed by atoms with van der Waals surface area (Å²) < 4.78 is 0. The van der Waals surface area contributed by atoms with E-state index in [1.54, 1.807) is 4.90 Å². The number of hydrogen-bond donors (Lipinski definition) is 2. The van der Waals surface area contributed by atoms with Crippen molar-refractivity contribution in [3.05, 3.63) is 48.0 Å². The van der Waals surface area contributed by atoms with Gasteiger partial charge in [0.05, 0.1) is 6.04 Å². The lowest BCUT2D eigenvalue weighted by molar-refractivity contribution is -1.03. The van der Waals surface area contributed by atoms with Crippen molar-refractivity contribution in [3.8, 4) is 0 Å². The van der Waals surface area contributed by atoms with Crippen molar-refractivity contribution in [2.45, 2.75) is 45.2 Å². The first kappa shape index (κ1) is 16.1. The molecule has 0 aromatic heterocycles. The van der Waals surface area contributed by atoms with Gasteiger partial charge in [-0.3, -0.25) is 0 Å². The van der Waals surface area contributed by atoms with Crippen molar-refractivity contribution in [1.29, 1.82) is 0 Å². The Kier molecular flexibility index (Phi) is 4.86. The highest BCUT2D eigenvalue weighted by molar-refractivity contribution is 5.85. The molecule has 0 radical (unpaired) electrons. The number of nitrogens with one attached hydrogen (secondary N) is 2. The van der Waals surface area contributed by atoms with E-state index in [-0.39, 0.29) is 0 Å². The van der Waals surface area contributed by atoms with Crippen LogP contribution >= 0.6 is 0 Å². The average Bonchev–Trinajstić information content (AvgIpc) is 2.63. The maximum absolute atomic E-state index is 2.45. The van der Waals surface area contributed by atoms with Gasteiger partial charge in [-0.15, -0.1) is 0 Å². The Hall–Kier alpha value is -1.38. The van der Waals surface area contributed by atoms with Crippen molar-refractivity contribution < 1.29 is 9.80 Å². The highest BCUT2D eigenvalue weighted by Gasteiger charge is 2.32. The molecule has 0 bridgehead atoms. The van der Waals surface area contributed by atoms with Crippen LogP contribution in [-0.2, 0) is 6.54 Å². The Morgan fingerprint density at radius 1 is 0.917 bits per heavy atom. The van der Waals surface area contributed by atoms with Crippen molar-refractivity contribution >= 4 is 10.8 Å². The second-order valence-electron chi connectivity index (χ2n) is 8.19. The molecule has 2 atom stereocenters. The van der Waals surface area contributed by atoms with E-state index in [0.717, 1.165) is 12.0 Å². The zero-order chi connectivity index (χ0) is 16.4. The average molecular weight is 325 g/mol. The molecule has 4 rings (SSSR count).